The Labute approximate surface area is 200 Å². The minimum absolute atomic E-state index is 0.105. The fourth-order valence-corrected chi connectivity index (χ4v) is 4.26. The molecule has 0 radical (unpaired) electrons. The number of benzene rings is 2. The first-order valence-electron chi connectivity index (χ1n) is 12.0. The van der Waals surface area contributed by atoms with Gasteiger partial charge >= 0.3 is 0 Å². The standard InChI is InChI=1S/C27H34FN3O3/c1-22-12-17-31(29-22)16-5-19-33-24-10-8-23(9-11-24)20-30-15-4-13-27(32,14-18-30)21-34-26-7-3-2-6-25(26)28/h2-3,6-12,17,32H,4-5,13-16,18-21H2,1H3. The van der Waals surface area contributed by atoms with Crippen LogP contribution in [0.15, 0.2) is 60.8 Å². The van der Waals surface area contributed by atoms with Gasteiger partial charge in [-0.25, -0.2) is 4.39 Å². The molecule has 34 heavy (non-hydrogen) atoms. The van der Waals surface area contributed by atoms with Gasteiger partial charge in [-0.3, -0.25) is 9.58 Å². The van der Waals surface area contributed by atoms with E-state index in [2.05, 4.69) is 22.1 Å². The second-order valence-corrected chi connectivity index (χ2v) is 9.14. The van der Waals surface area contributed by atoms with Crippen LogP contribution in [0.1, 0.15) is 36.9 Å². The second-order valence-electron chi connectivity index (χ2n) is 9.14. The van der Waals surface area contributed by atoms with E-state index in [4.69, 9.17) is 9.47 Å². The van der Waals surface area contributed by atoms with Gasteiger partial charge in [-0.05, 0) is 68.6 Å². The monoisotopic (exact) mass is 467 g/mol. The molecular formula is C27H34FN3O3. The largest absolute Gasteiger partial charge is 0.494 e. The number of aliphatic hydroxyl groups is 1. The van der Waals surface area contributed by atoms with Crippen molar-refractivity contribution >= 4 is 0 Å². The van der Waals surface area contributed by atoms with Gasteiger partial charge in [-0.1, -0.05) is 24.3 Å². The fourth-order valence-electron chi connectivity index (χ4n) is 4.26. The zero-order valence-electron chi connectivity index (χ0n) is 19.8. The molecule has 0 amide bonds. The highest BCUT2D eigenvalue weighted by Crippen LogP contribution is 2.26. The number of nitrogens with zero attached hydrogens (tertiary/aromatic N) is 3. The van der Waals surface area contributed by atoms with Crippen molar-refractivity contribution in [3.05, 3.63) is 77.9 Å². The lowest BCUT2D eigenvalue weighted by Crippen LogP contribution is -2.37. The Morgan fingerprint density at radius 1 is 1.03 bits per heavy atom. The average molecular weight is 468 g/mol. The van der Waals surface area contributed by atoms with E-state index in [-0.39, 0.29) is 12.4 Å². The van der Waals surface area contributed by atoms with E-state index in [0.717, 1.165) is 50.5 Å². The lowest BCUT2D eigenvalue weighted by atomic mass is 9.96. The van der Waals surface area contributed by atoms with Crippen molar-refractivity contribution in [2.45, 2.75) is 51.3 Å². The number of rotatable bonds is 10. The smallest absolute Gasteiger partial charge is 0.165 e. The van der Waals surface area contributed by atoms with Crippen LogP contribution in [0.25, 0.3) is 0 Å². The molecule has 1 aromatic heterocycles. The zero-order chi connectivity index (χ0) is 23.8. The molecule has 0 spiro atoms. The number of hydrogen-bond donors (Lipinski definition) is 1. The van der Waals surface area contributed by atoms with Gasteiger partial charge in [-0.15, -0.1) is 0 Å². The van der Waals surface area contributed by atoms with E-state index in [0.29, 0.717) is 19.4 Å². The molecule has 1 unspecified atom stereocenters. The zero-order valence-corrected chi connectivity index (χ0v) is 19.8. The van der Waals surface area contributed by atoms with E-state index in [1.54, 1.807) is 18.2 Å². The van der Waals surface area contributed by atoms with E-state index in [1.807, 2.05) is 36.0 Å². The number of ether oxygens (including phenoxy) is 2. The molecule has 2 heterocycles. The number of halogens is 1. The van der Waals surface area contributed by atoms with Crippen molar-refractivity contribution in [2.24, 2.45) is 0 Å². The lowest BCUT2D eigenvalue weighted by Gasteiger charge is -2.27. The quantitative estimate of drug-likeness (QED) is 0.442. The summed E-state index contributed by atoms with van der Waals surface area (Å²) < 4.78 is 27.2. The van der Waals surface area contributed by atoms with Crippen LogP contribution in [0.3, 0.4) is 0 Å². The molecule has 1 atom stereocenters. The summed E-state index contributed by atoms with van der Waals surface area (Å²) in [6.07, 6.45) is 5.00. The van der Waals surface area contributed by atoms with Crippen LogP contribution in [0.2, 0.25) is 0 Å². The van der Waals surface area contributed by atoms with Gasteiger partial charge in [0.1, 0.15) is 12.4 Å². The molecule has 2 aromatic carbocycles. The molecule has 6 nitrogen and oxygen atoms in total. The summed E-state index contributed by atoms with van der Waals surface area (Å²) in [4.78, 5) is 2.35. The number of likely N-dealkylation sites (tertiary alicyclic amines) is 1. The summed E-state index contributed by atoms with van der Waals surface area (Å²) in [5.41, 5.74) is 1.30. The third kappa shape index (κ3) is 7.05. The van der Waals surface area contributed by atoms with Crippen molar-refractivity contribution in [2.75, 3.05) is 26.3 Å². The van der Waals surface area contributed by atoms with Crippen LogP contribution in [-0.2, 0) is 13.1 Å². The van der Waals surface area contributed by atoms with Gasteiger partial charge < -0.3 is 14.6 Å². The van der Waals surface area contributed by atoms with Crippen molar-refractivity contribution in [1.82, 2.24) is 14.7 Å². The predicted molar refractivity (Wildman–Crippen MR) is 129 cm³/mol. The molecule has 3 aromatic rings. The first kappa shape index (κ1) is 24.2. The number of hydrogen-bond acceptors (Lipinski definition) is 5. The summed E-state index contributed by atoms with van der Waals surface area (Å²) in [7, 11) is 0. The Morgan fingerprint density at radius 3 is 2.62 bits per heavy atom. The summed E-state index contributed by atoms with van der Waals surface area (Å²) in [6.45, 7) is 6.09. The molecule has 1 saturated heterocycles. The van der Waals surface area contributed by atoms with Crippen LogP contribution in [0.4, 0.5) is 4.39 Å². The Hall–Kier alpha value is -2.90. The highest BCUT2D eigenvalue weighted by atomic mass is 19.1. The molecule has 1 fully saturated rings. The van der Waals surface area contributed by atoms with Crippen LogP contribution in [0, 0.1) is 12.7 Å². The van der Waals surface area contributed by atoms with Gasteiger partial charge in [0.05, 0.1) is 17.9 Å². The van der Waals surface area contributed by atoms with E-state index < -0.39 is 11.4 Å². The minimum Gasteiger partial charge on any atom is -0.494 e. The molecule has 182 valence electrons. The minimum atomic E-state index is -0.941. The van der Waals surface area contributed by atoms with Crippen LogP contribution >= 0.6 is 0 Å². The van der Waals surface area contributed by atoms with Gasteiger partial charge in [0.25, 0.3) is 0 Å². The highest BCUT2D eigenvalue weighted by Gasteiger charge is 2.31. The van der Waals surface area contributed by atoms with Gasteiger partial charge in [0, 0.05) is 32.3 Å². The molecular weight excluding hydrogens is 433 g/mol. The second kappa shape index (κ2) is 11.5. The molecule has 0 saturated carbocycles. The van der Waals surface area contributed by atoms with E-state index in [1.165, 1.54) is 11.6 Å². The maximum atomic E-state index is 13.8. The molecule has 7 heteroatoms. The normalized spacial score (nSPS) is 19.0. The molecule has 0 bridgehead atoms. The highest BCUT2D eigenvalue weighted by molar-refractivity contribution is 5.27. The van der Waals surface area contributed by atoms with Crippen LogP contribution in [0.5, 0.6) is 11.5 Å². The van der Waals surface area contributed by atoms with Crippen LogP contribution in [-0.4, -0.2) is 51.7 Å². The number of para-hydroxylation sites is 1. The molecule has 1 aliphatic rings. The summed E-state index contributed by atoms with van der Waals surface area (Å²) >= 11 is 0. The van der Waals surface area contributed by atoms with Crippen molar-refractivity contribution in [1.29, 1.82) is 0 Å². The van der Waals surface area contributed by atoms with Crippen molar-refractivity contribution in [3.8, 4) is 11.5 Å². The first-order chi connectivity index (χ1) is 16.5. The third-order valence-corrected chi connectivity index (χ3v) is 6.25. The Balaban J connectivity index is 1.19. The number of aromatic nitrogens is 2. The van der Waals surface area contributed by atoms with Crippen molar-refractivity contribution in [3.63, 3.8) is 0 Å². The van der Waals surface area contributed by atoms with Gasteiger partial charge in [-0.2, -0.15) is 5.10 Å². The van der Waals surface area contributed by atoms with E-state index in [9.17, 15) is 9.50 Å². The third-order valence-electron chi connectivity index (χ3n) is 6.25. The van der Waals surface area contributed by atoms with Crippen LogP contribution < -0.4 is 9.47 Å². The van der Waals surface area contributed by atoms with Crippen molar-refractivity contribution < 1.29 is 19.0 Å². The Kier molecular flexibility index (Phi) is 8.19. The summed E-state index contributed by atoms with van der Waals surface area (Å²) in [5.74, 6) is 0.661. The average Bonchev–Trinajstić information content (AvgIpc) is 3.16. The maximum Gasteiger partial charge on any atom is 0.165 e. The molecule has 1 N–H and O–H groups in total. The van der Waals surface area contributed by atoms with Gasteiger partial charge in [0.15, 0.2) is 11.6 Å². The summed E-state index contributed by atoms with van der Waals surface area (Å²) in [5, 5.41) is 15.4. The lowest BCUT2D eigenvalue weighted by molar-refractivity contribution is -0.0177. The maximum absolute atomic E-state index is 13.8. The fraction of sp³-hybridized carbons (Fsp3) is 0.444. The predicted octanol–water partition coefficient (Wildman–Crippen LogP) is 4.60. The summed E-state index contributed by atoms with van der Waals surface area (Å²) in [6, 6.07) is 16.6. The Morgan fingerprint density at radius 2 is 1.85 bits per heavy atom. The molecule has 1 aliphatic heterocycles. The van der Waals surface area contributed by atoms with Gasteiger partial charge in [0.2, 0.25) is 0 Å². The SMILES string of the molecule is Cc1ccn(CCCOc2ccc(CN3CCCC(O)(COc4ccccc4F)CC3)cc2)n1. The number of aryl methyl sites for hydroxylation is 2. The molecule has 4 rings (SSSR count). The van der Waals surface area contributed by atoms with E-state index >= 15 is 0 Å². The molecule has 0 aliphatic carbocycles. The first-order valence-corrected chi connectivity index (χ1v) is 12.0. The Bertz CT molecular complexity index is 1040. The topological polar surface area (TPSA) is 59.8 Å².